The summed E-state index contributed by atoms with van der Waals surface area (Å²) in [5, 5.41) is 2.78. The number of carbonyl (C=O) groups is 2. The molecule has 0 spiro atoms. The van der Waals surface area contributed by atoms with Gasteiger partial charge in [0.25, 0.3) is 5.91 Å². The van der Waals surface area contributed by atoms with E-state index in [0.29, 0.717) is 18.0 Å². The highest BCUT2D eigenvalue weighted by Crippen LogP contribution is 2.21. The van der Waals surface area contributed by atoms with Crippen LogP contribution in [0.15, 0.2) is 54.6 Å². The number of nitrogens with zero attached hydrogens (tertiary/aromatic N) is 2. The van der Waals surface area contributed by atoms with Crippen LogP contribution in [0.5, 0.6) is 5.75 Å². The van der Waals surface area contributed by atoms with Gasteiger partial charge in [-0.25, -0.2) is 4.79 Å². The maximum atomic E-state index is 12.2. The van der Waals surface area contributed by atoms with Gasteiger partial charge in [-0.15, -0.1) is 0 Å². The minimum absolute atomic E-state index is 0.000651. The van der Waals surface area contributed by atoms with Gasteiger partial charge in [0.05, 0.1) is 0 Å². The van der Waals surface area contributed by atoms with Crippen LogP contribution in [0, 0.1) is 0 Å². The van der Waals surface area contributed by atoms with E-state index >= 15 is 0 Å². The monoisotopic (exact) mass is 339 g/mol. The minimum atomic E-state index is -0.231. The fourth-order valence-electron chi connectivity index (χ4n) is 2.69. The fourth-order valence-corrected chi connectivity index (χ4v) is 2.69. The van der Waals surface area contributed by atoms with Gasteiger partial charge >= 0.3 is 6.03 Å². The van der Waals surface area contributed by atoms with Crippen molar-refractivity contribution in [2.24, 2.45) is 0 Å². The summed E-state index contributed by atoms with van der Waals surface area (Å²) in [6.45, 7) is 1.44. The zero-order valence-electron chi connectivity index (χ0n) is 14.1. The van der Waals surface area contributed by atoms with E-state index in [0.717, 1.165) is 18.7 Å². The molecule has 6 heteroatoms. The Morgan fingerprint density at radius 1 is 1.08 bits per heavy atom. The predicted molar refractivity (Wildman–Crippen MR) is 97.0 cm³/mol. The molecule has 1 aliphatic rings. The molecule has 1 heterocycles. The Bertz CT molecular complexity index is 731. The van der Waals surface area contributed by atoms with Gasteiger partial charge < -0.3 is 15.0 Å². The Hall–Kier alpha value is -3.02. The summed E-state index contributed by atoms with van der Waals surface area (Å²) in [4.78, 5) is 27.6. The number of hydrogen-bond acceptors (Lipinski definition) is 3. The Morgan fingerprint density at radius 2 is 1.80 bits per heavy atom. The van der Waals surface area contributed by atoms with Crippen LogP contribution in [0.3, 0.4) is 0 Å². The molecule has 0 aliphatic carbocycles. The fraction of sp³-hybridized carbons (Fsp3) is 0.263. The van der Waals surface area contributed by atoms with Gasteiger partial charge in [0, 0.05) is 31.5 Å². The third-order valence-electron chi connectivity index (χ3n) is 4.01. The molecule has 0 unspecified atom stereocenters. The van der Waals surface area contributed by atoms with E-state index in [4.69, 9.17) is 4.74 Å². The second-order valence-corrected chi connectivity index (χ2v) is 5.91. The Balaban J connectivity index is 1.55. The molecule has 1 N–H and O–H groups in total. The zero-order chi connectivity index (χ0) is 17.6. The Morgan fingerprint density at radius 3 is 2.52 bits per heavy atom. The van der Waals surface area contributed by atoms with Crippen molar-refractivity contribution in [1.82, 2.24) is 4.90 Å². The highest BCUT2D eigenvalue weighted by molar-refractivity contribution is 5.94. The quantitative estimate of drug-likeness (QED) is 0.911. The van der Waals surface area contributed by atoms with Crippen molar-refractivity contribution in [1.29, 1.82) is 0 Å². The van der Waals surface area contributed by atoms with Crippen LogP contribution in [-0.4, -0.2) is 43.6 Å². The van der Waals surface area contributed by atoms with Gasteiger partial charge in [0.2, 0.25) is 0 Å². The van der Waals surface area contributed by atoms with Gasteiger partial charge in [0.1, 0.15) is 5.75 Å². The Labute approximate surface area is 147 Å². The lowest BCUT2D eigenvalue weighted by Crippen LogP contribution is -2.47. The summed E-state index contributed by atoms with van der Waals surface area (Å²) in [5.41, 5.74) is 1.50. The maximum absolute atomic E-state index is 12.2. The van der Waals surface area contributed by atoms with E-state index in [2.05, 4.69) is 5.32 Å². The lowest BCUT2D eigenvalue weighted by Gasteiger charge is -2.33. The van der Waals surface area contributed by atoms with E-state index in [1.807, 2.05) is 30.3 Å². The molecule has 25 heavy (non-hydrogen) atoms. The summed E-state index contributed by atoms with van der Waals surface area (Å²) in [6.07, 6.45) is 0.942. The SMILES string of the molecule is CN1CCCN(c2ccc(NC(=O)COc3ccccc3)cc2)C1=O. The molecule has 1 fully saturated rings. The van der Waals surface area contributed by atoms with Gasteiger partial charge in [-0.05, 0) is 42.8 Å². The lowest BCUT2D eigenvalue weighted by molar-refractivity contribution is -0.118. The van der Waals surface area contributed by atoms with Crippen LogP contribution in [-0.2, 0) is 4.79 Å². The van der Waals surface area contributed by atoms with E-state index in [1.165, 1.54) is 0 Å². The smallest absolute Gasteiger partial charge is 0.324 e. The van der Waals surface area contributed by atoms with Crippen LogP contribution < -0.4 is 15.0 Å². The molecule has 2 aromatic carbocycles. The summed E-state index contributed by atoms with van der Waals surface area (Å²) >= 11 is 0. The number of amides is 3. The summed E-state index contributed by atoms with van der Waals surface area (Å²) in [7, 11) is 1.80. The average molecular weight is 339 g/mol. The molecule has 1 saturated heterocycles. The third kappa shape index (κ3) is 4.29. The van der Waals surface area contributed by atoms with Gasteiger partial charge in [0.15, 0.2) is 6.61 Å². The topological polar surface area (TPSA) is 61.9 Å². The molecular weight excluding hydrogens is 318 g/mol. The molecular formula is C19H21N3O3. The highest BCUT2D eigenvalue weighted by atomic mass is 16.5. The summed E-state index contributed by atoms with van der Waals surface area (Å²) in [6, 6.07) is 16.4. The second kappa shape index (κ2) is 7.70. The molecule has 1 aliphatic heterocycles. The van der Waals surface area contributed by atoms with Crippen molar-refractivity contribution in [3.63, 3.8) is 0 Å². The second-order valence-electron chi connectivity index (χ2n) is 5.91. The maximum Gasteiger partial charge on any atom is 0.324 e. The number of carbonyl (C=O) groups excluding carboxylic acids is 2. The molecule has 0 atom stereocenters. The molecule has 3 amide bonds. The van der Waals surface area contributed by atoms with Gasteiger partial charge in [-0.2, -0.15) is 0 Å². The van der Waals surface area contributed by atoms with Crippen LogP contribution in [0.1, 0.15) is 6.42 Å². The average Bonchev–Trinajstić information content (AvgIpc) is 2.64. The first-order valence-corrected chi connectivity index (χ1v) is 8.24. The van der Waals surface area contributed by atoms with Crippen LogP contribution in [0.25, 0.3) is 0 Å². The third-order valence-corrected chi connectivity index (χ3v) is 4.01. The zero-order valence-corrected chi connectivity index (χ0v) is 14.1. The number of anilines is 2. The first kappa shape index (κ1) is 16.8. The number of rotatable bonds is 5. The summed E-state index contributed by atoms with van der Waals surface area (Å²) < 4.78 is 5.41. The lowest BCUT2D eigenvalue weighted by atomic mass is 10.2. The van der Waals surface area contributed by atoms with E-state index < -0.39 is 0 Å². The number of benzene rings is 2. The van der Waals surface area contributed by atoms with E-state index in [9.17, 15) is 9.59 Å². The summed E-state index contributed by atoms with van der Waals surface area (Å²) in [5.74, 6) is 0.422. The Kier molecular flexibility index (Phi) is 5.18. The predicted octanol–water partition coefficient (Wildman–Crippen LogP) is 2.97. The van der Waals surface area contributed by atoms with Crippen LogP contribution >= 0.6 is 0 Å². The van der Waals surface area contributed by atoms with Crippen molar-refractivity contribution >= 4 is 23.3 Å². The molecule has 0 aromatic heterocycles. The van der Waals surface area contributed by atoms with Gasteiger partial charge in [-0.1, -0.05) is 18.2 Å². The number of ether oxygens (including phenoxy) is 1. The molecule has 3 rings (SSSR count). The molecule has 6 nitrogen and oxygen atoms in total. The van der Waals surface area contributed by atoms with Crippen molar-refractivity contribution in [3.8, 4) is 5.75 Å². The molecule has 2 aromatic rings. The molecule has 0 bridgehead atoms. The van der Waals surface area contributed by atoms with Crippen LogP contribution in [0.4, 0.5) is 16.2 Å². The molecule has 130 valence electrons. The van der Waals surface area contributed by atoms with Crippen molar-refractivity contribution < 1.29 is 14.3 Å². The largest absolute Gasteiger partial charge is 0.484 e. The highest BCUT2D eigenvalue weighted by Gasteiger charge is 2.23. The minimum Gasteiger partial charge on any atom is -0.484 e. The first-order valence-electron chi connectivity index (χ1n) is 8.24. The van der Waals surface area contributed by atoms with Gasteiger partial charge in [-0.3, -0.25) is 9.69 Å². The normalized spacial score (nSPS) is 14.4. The number of urea groups is 1. The number of hydrogen-bond donors (Lipinski definition) is 1. The van der Waals surface area contributed by atoms with Crippen LogP contribution in [0.2, 0.25) is 0 Å². The van der Waals surface area contributed by atoms with Crippen molar-refractivity contribution in [2.45, 2.75) is 6.42 Å². The van der Waals surface area contributed by atoms with E-state index in [1.54, 1.807) is 41.1 Å². The van der Waals surface area contributed by atoms with E-state index in [-0.39, 0.29) is 18.5 Å². The first-order chi connectivity index (χ1) is 12.1. The van der Waals surface area contributed by atoms with Crippen molar-refractivity contribution in [3.05, 3.63) is 54.6 Å². The standard InChI is InChI=1S/C19H21N3O3/c1-21-12-5-13-22(19(21)24)16-10-8-15(9-11-16)20-18(23)14-25-17-6-3-2-4-7-17/h2-4,6-11H,5,12-14H2,1H3,(H,20,23). The number of nitrogens with one attached hydrogen (secondary N) is 1. The molecule has 0 saturated carbocycles. The molecule has 0 radical (unpaired) electrons. The van der Waals surface area contributed by atoms with Crippen molar-refractivity contribution in [2.75, 3.05) is 37.0 Å². The number of para-hydroxylation sites is 1.